The van der Waals surface area contributed by atoms with Gasteiger partial charge in [-0.2, -0.15) is 18.4 Å². The molecule has 1 unspecified atom stereocenters. The Morgan fingerprint density at radius 2 is 2.04 bits per heavy atom. The molecule has 1 saturated heterocycles. The number of nitriles is 1. The molecule has 0 spiro atoms. The van der Waals surface area contributed by atoms with Gasteiger partial charge in [-0.25, -0.2) is 9.69 Å². The van der Waals surface area contributed by atoms with Crippen LogP contribution >= 0.6 is 0 Å². The van der Waals surface area contributed by atoms with Gasteiger partial charge in [-0.15, -0.1) is 0 Å². The molecule has 2 aliphatic rings. The number of benzene rings is 1. The number of hydrogen-bond acceptors (Lipinski definition) is 4. The van der Waals surface area contributed by atoms with Crippen molar-refractivity contribution in [2.45, 2.75) is 25.1 Å². The van der Waals surface area contributed by atoms with Crippen LogP contribution < -0.4 is 4.90 Å². The molecule has 1 atom stereocenters. The normalized spacial score (nSPS) is 22.5. The highest BCUT2D eigenvalue weighted by molar-refractivity contribution is 6.24. The molecule has 1 aliphatic heterocycles. The van der Waals surface area contributed by atoms with Gasteiger partial charge < -0.3 is 5.11 Å². The number of anilines is 1. The SMILES string of the molecule is CC1(C2=CC[CH]C=C2)C(=O)N(c2ccc(C#N)c(C(F)(F)F)c2)C(=O)N1CO. The Balaban J connectivity index is 2.12. The molecule has 28 heavy (non-hydrogen) atoms. The molecule has 0 saturated carbocycles. The zero-order chi connectivity index (χ0) is 20.7. The summed E-state index contributed by atoms with van der Waals surface area (Å²) in [6.45, 7) is 0.633. The lowest BCUT2D eigenvalue weighted by Crippen LogP contribution is -2.49. The van der Waals surface area contributed by atoms with E-state index in [1.165, 1.54) is 13.0 Å². The number of alkyl halides is 3. The molecule has 9 heteroatoms. The van der Waals surface area contributed by atoms with Gasteiger partial charge in [0.1, 0.15) is 12.3 Å². The third kappa shape index (κ3) is 2.86. The average molecular weight is 390 g/mol. The Hall–Kier alpha value is -3.12. The molecule has 1 aliphatic carbocycles. The smallest absolute Gasteiger partial charge is 0.376 e. The molecule has 1 heterocycles. The lowest BCUT2D eigenvalue weighted by molar-refractivity contribution is -0.137. The maximum atomic E-state index is 13.3. The molecule has 1 aromatic rings. The van der Waals surface area contributed by atoms with Gasteiger partial charge in [0.05, 0.1) is 22.9 Å². The summed E-state index contributed by atoms with van der Waals surface area (Å²) >= 11 is 0. The minimum absolute atomic E-state index is 0.324. The number of rotatable bonds is 3. The molecule has 6 nitrogen and oxygen atoms in total. The molecule has 3 amide bonds. The van der Waals surface area contributed by atoms with Crippen LogP contribution in [0.2, 0.25) is 0 Å². The van der Waals surface area contributed by atoms with Gasteiger partial charge in [-0.3, -0.25) is 9.69 Å². The first kappa shape index (κ1) is 19.6. The largest absolute Gasteiger partial charge is 0.417 e. The fourth-order valence-electron chi connectivity index (χ4n) is 3.32. The standard InChI is InChI=1S/C19H15F3N3O3/c1-18(13-5-3-2-4-6-13)16(27)25(17(28)24(18)11-26)14-8-7-12(10-23)15(9-14)19(20,21)22/h2-3,5-9,26H,4,11H2,1H3. The van der Waals surface area contributed by atoms with Gasteiger partial charge in [-0.05, 0) is 43.5 Å². The van der Waals surface area contributed by atoms with E-state index in [1.807, 2.05) is 6.42 Å². The molecule has 3 rings (SSSR count). The summed E-state index contributed by atoms with van der Waals surface area (Å²) in [5.41, 5.74) is -3.30. The van der Waals surface area contributed by atoms with Crippen molar-refractivity contribution in [1.82, 2.24) is 4.90 Å². The van der Waals surface area contributed by atoms with Crippen molar-refractivity contribution in [3.05, 3.63) is 59.5 Å². The van der Waals surface area contributed by atoms with Gasteiger partial charge in [-0.1, -0.05) is 18.2 Å². The highest BCUT2D eigenvalue weighted by atomic mass is 19.4. The number of nitrogens with zero attached hydrogens (tertiary/aromatic N) is 3. The van der Waals surface area contributed by atoms with E-state index in [0.717, 1.165) is 17.0 Å². The number of allylic oxidation sites excluding steroid dienone is 2. The number of aliphatic hydroxyl groups is 1. The van der Waals surface area contributed by atoms with Crippen molar-refractivity contribution in [2.75, 3.05) is 11.6 Å². The fourth-order valence-corrected chi connectivity index (χ4v) is 3.32. The average Bonchev–Trinajstić information content (AvgIpc) is 2.87. The lowest BCUT2D eigenvalue weighted by Gasteiger charge is -2.32. The van der Waals surface area contributed by atoms with Crippen LogP contribution in [0.5, 0.6) is 0 Å². The predicted molar refractivity (Wildman–Crippen MR) is 92.5 cm³/mol. The van der Waals surface area contributed by atoms with Gasteiger partial charge in [0.25, 0.3) is 5.91 Å². The number of carbonyl (C=O) groups excluding carboxylic acids is 2. The van der Waals surface area contributed by atoms with Crippen LogP contribution in [-0.2, 0) is 11.0 Å². The van der Waals surface area contributed by atoms with Crippen LogP contribution in [0.4, 0.5) is 23.7 Å². The minimum Gasteiger partial charge on any atom is -0.376 e. The van der Waals surface area contributed by atoms with Crippen LogP contribution in [0.15, 0.2) is 42.0 Å². The third-order valence-electron chi connectivity index (χ3n) is 4.86. The first-order valence-electron chi connectivity index (χ1n) is 8.25. The third-order valence-corrected chi connectivity index (χ3v) is 4.86. The summed E-state index contributed by atoms with van der Waals surface area (Å²) in [7, 11) is 0. The van der Waals surface area contributed by atoms with Crippen molar-refractivity contribution < 1.29 is 27.9 Å². The van der Waals surface area contributed by atoms with E-state index in [4.69, 9.17) is 5.26 Å². The molecule has 1 N–H and O–H groups in total. The maximum absolute atomic E-state index is 13.3. The van der Waals surface area contributed by atoms with Crippen molar-refractivity contribution >= 4 is 17.6 Å². The quantitative estimate of drug-likeness (QED) is 0.804. The molecular formula is C19H15F3N3O3. The van der Waals surface area contributed by atoms with Gasteiger partial charge in [0, 0.05) is 0 Å². The number of hydrogen-bond donors (Lipinski definition) is 1. The number of aliphatic hydroxyl groups excluding tert-OH is 1. The molecule has 0 aromatic heterocycles. The van der Waals surface area contributed by atoms with Crippen LogP contribution in [0.3, 0.4) is 0 Å². The topological polar surface area (TPSA) is 84.6 Å². The fraction of sp³-hybridized carbons (Fsp3) is 0.263. The second kappa shape index (κ2) is 6.80. The van der Waals surface area contributed by atoms with Crippen molar-refractivity contribution in [3.63, 3.8) is 0 Å². The number of amides is 3. The van der Waals surface area contributed by atoms with Crippen LogP contribution in [-0.4, -0.2) is 34.2 Å². The summed E-state index contributed by atoms with van der Waals surface area (Å²) in [6, 6.07) is 3.10. The Morgan fingerprint density at radius 3 is 2.57 bits per heavy atom. The second-order valence-electron chi connectivity index (χ2n) is 6.39. The summed E-state index contributed by atoms with van der Waals surface area (Å²) < 4.78 is 39.8. The summed E-state index contributed by atoms with van der Waals surface area (Å²) in [5.74, 6) is -0.790. The van der Waals surface area contributed by atoms with E-state index < -0.39 is 41.5 Å². The highest BCUT2D eigenvalue weighted by Gasteiger charge is 2.56. The van der Waals surface area contributed by atoms with E-state index in [1.54, 1.807) is 18.2 Å². The second-order valence-corrected chi connectivity index (χ2v) is 6.39. The predicted octanol–water partition coefficient (Wildman–Crippen LogP) is 3.14. The summed E-state index contributed by atoms with van der Waals surface area (Å²) in [5, 5.41) is 18.6. The first-order chi connectivity index (χ1) is 13.2. The van der Waals surface area contributed by atoms with Crippen molar-refractivity contribution in [2.24, 2.45) is 0 Å². The number of halogens is 3. The summed E-state index contributed by atoms with van der Waals surface area (Å²) in [6.07, 6.45) is 2.51. The van der Waals surface area contributed by atoms with E-state index in [0.29, 0.717) is 23.0 Å². The van der Waals surface area contributed by atoms with Crippen LogP contribution in [0, 0.1) is 17.8 Å². The molecule has 1 fully saturated rings. The van der Waals surface area contributed by atoms with E-state index in [2.05, 4.69) is 0 Å². The molecule has 1 aromatic carbocycles. The Labute approximate surface area is 158 Å². The summed E-state index contributed by atoms with van der Waals surface area (Å²) in [4.78, 5) is 27.4. The van der Waals surface area contributed by atoms with Crippen molar-refractivity contribution in [3.8, 4) is 6.07 Å². The maximum Gasteiger partial charge on any atom is 0.417 e. The van der Waals surface area contributed by atoms with E-state index in [-0.39, 0.29) is 5.69 Å². The lowest BCUT2D eigenvalue weighted by atomic mass is 9.86. The van der Waals surface area contributed by atoms with Crippen molar-refractivity contribution in [1.29, 1.82) is 5.26 Å². The molecule has 145 valence electrons. The Bertz CT molecular complexity index is 946. The van der Waals surface area contributed by atoms with Gasteiger partial charge in [0.15, 0.2) is 0 Å². The van der Waals surface area contributed by atoms with Gasteiger partial charge in [0.2, 0.25) is 0 Å². The first-order valence-corrected chi connectivity index (χ1v) is 8.25. The highest BCUT2D eigenvalue weighted by Crippen LogP contribution is 2.40. The Morgan fingerprint density at radius 1 is 1.32 bits per heavy atom. The van der Waals surface area contributed by atoms with E-state index in [9.17, 15) is 27.9 Å². The van der Waals surface area contributed by atoms with Crippen LogP contribution in [0.25, 0.3) is 0 Å². The molecule has 1 radical (unpaired) electrons. The van der Waals surface area contributed by atoms with Gasteiger partial charge >= 0.3 is 12.2 Å². The Kier molecular flexibility index (Phi) is 4.77. The number of imide groups is 1. The van der Waals surface area contributed by atoms with E-state index >= 15 is 0 Å². The molecular weight excluding hydrogens is 375 g/mol. The zero-order valence-electron chi connectivity index (χ0n) is 14.7. The van der Waals surface area contributed by atoms with Crippen LogP contribution in [0.1, 0.15) is 24.5 Å². The monoisotopic (exact) mass is 390 g/mol. The zero-order valence-corrected chi connectivity index (χ0v) is 14.7. The number of urea groups is 1. The number of carbonyl (C=O) groups is 2. The minimum atomic E-state index is -4.84. The molecule has 0 bridgehead atoms.